The summed E-state index contributed by atoms with van der Waals surface area (Å²) in [5, 5.41) is 12.6. The molecular weight excluding hydrogens is 214 g/mol. The summed E-state index contributed by atoms with van der Waals surface area (Å²) in [4.78, 5) is 0. The lowest BCUT2D eigenvalue weighted by Gasteiger charge is -2.14. The lowest BCUT2D eigenvalue weighted by molar-refractivity contribution is 0.0475. The Balaban J connectivity index is 1.69. The topological polar surface area (TPSA) is 41.5 Å². The number of aromatic hydroxyl groups is 1. The van der Waals surface area contributed by atoms with Gasteiger partial charge >= 0.3 is 0 Å². The van der Waals surface area contributed by atoms with Crippen molar-refractivity contribution in [2.75, 3.05) is 19.7 Å². The summed E-state index contributed by atoms with van der Waals surface area (Å²) in [6.07, 6.45) is 4.84. The summed E-state index contributed by atoms with van der Waals surface area (Å²) < 4.78 is 5.89. The highest BCUT2D eigenvalue weighted by atomic mass is 16.5. The molecule has 1 aliphatic heterocycles. The molecule has 3 nitrogen and oxygen atoms in total. The molecule has 94 valence electrons. The van der Waals surface area contributed by atoms with Crippen LogP contribution in [0, 0.1) is 0 Å². The lowest BCUT2D eigenvalue weighted by Crippen LogP contribution is -2.18. The first kappa shape index (κ1) is 12.4. The summed E-state index contributed by atoms with van der Waals surface area (Å²) in [5.74, 6) is 0.324. The molecule has 0 radical (unpaired) electrons. The monoisotopic (exact) mass is 235 g/mol. The van der Waals surface area contributed by atoms with Crippen LogP contribution in [0.4, 0.5) is 0 Å². The van der Waals surface area contributed by atoms with Crippen LogP contribution in [0.15, 0.2) is 24.3 Å². The van der Waals surface area contributed by atoms with Gasteiger partial charge in [0.15, 0.2) is 0 Å². The third-order valence-corrected chi connectivity index (χ3v) is 3.20. The first-order valence-electron chi connectivity index (χ1n) is 6.45. The molecule has 2 N–H and O–H groups in total. The number of nitrogens with one attached hydrogen (secondary N) is 1. The van der Waals surface area contributed by atoms with E-state index < -0.39 is 0 Å². The minimum absolute atomic E-state index is 0.324. The average Bonchev–Trinajstić information content (AvgIpc) is 2.60. The van der Waals surface area contributed by atoms with Crippen LogP contribution in [-0.4, -0.2) is 30.9 Å². The van der Waals surface area contributed by atoms with E-state index in [1.165, 1.54) is 18.4 Å². The van der Waals surface area contributed by atoms with Gasteiger partial charge < -0.3 is 15.2 Å². The Kier molecular flexibility index (Phi) is 4.83. The van der Waals surface area contributed by atoms with Crippen LogP contribution in [0.5, 0.6) is 5.75 Å². The fraction of sp³-hybridized carbons (Fsp3) is 0.571. The molecule has 2 rings (SSSR count). The van der Waals surface area contributed by atoms with Crippen molar-refractivity contribution in [3.05, 3.63) is 29.8 Å². The summed E-state index contributed by atoms with van der Waals surface area (Å²) in [6.45, 7) is 2.97. The Hall–Kier alpha value is -1.06. The van der Waals surface area contributed by atoms with Gasteiger partial charge in [0, 0.05) is 0 Å². The van der Waals surface area contributed by atoms with Gasteiger partial charge in [-0.25, -0.2) is 0 Å². The van der Waals surface area contributed by atoms with Crippen LogP contribution < -0.4 is 5.32 Å². The third-order valence-electron chi connectivity index (χ3n) is 3.20. The van der Waals surface area contributed by atoms with Crippen molar-refractivity contribution in [2.45, 2.75) is 31.8 Å². The van der Waals surface area contributed by atoms with E-state index in [-0.39, 0.29) is 0 Å². The number of phenols is 1. The van der Waals surface area contributed by atoms with Crippen molar-refractivity contribution < 1.29 is 9.84 Å². The predicted molar refractivity (Wildman–Crippen MR) is 68.3 cm³/mol. The van der Waals surface area contributed by atoms with Crippen molar-refractivity contribution in [2.24, 2.45) is 0 Å². The highest BCUT2D eigenvalue weighted by molar-refractivity contribution is 5.25. The molecule has 1 aromatic rings. The summed E-state index contributed by atoms with van der Waals surface area (Å²) in [7, 11) is 0. The van der Waals surface area contributed by atoms with E-state index in [4.69, 9.17) is 4.74 Å². The SMILES string of the molecule is Oc1ccc(CCOC2CCCNCC2)cc1. The zero-order chi connectivity index (χ0) is 11.9. The van der Waals surface area contributed by atoms with Gasteiger partial charge in [0.1, 0.15) is 5.75 Å². The highest BCUT2D eigenvalue weighted by Crippen LogP contribution is 2.12. The van der Waals surface area contributed by atoms with Crippen LogP contribution in [0.2, 0.25) is 0 Å². The predicted octanol–water partition coefficient (Wildman–Crippen LogP) is 2.09. The maximum atomic E-state index is 9.18. The average molecular weight is 235 g/mol. The van der Waals surface area contributed by atoms with Gasteiger partial charge in [-0.1, -0.05) is 12.1 Å². The number of phenolic OH excluding ortho intramolecular Hbond substituents is 1. The number of benzene rings is 1. The van der Waals surface area contributed by atoms with Crippen LogP contribution in [0.25, 0.3) is 0 Å². The van der Waals surface area contributed by atoms with Gasteiger partial charge in [0.05, 0.1) is 12.7 Å². The van der Waals surface area contributed by atoms with E-state index in [2.05, 4.69) is 5.32 Å². The van der Waals surface area contributed by atoms with Gasteiger partial charge in [-0.05, 0) is 56.5 Å². The molecule has 0 spiro atoms. The van der Waals surface area contributed by atoms with Crippen molar-refractivity contribution in [3.8, 4) is 5.75 Å². The molecule has 1 saturated heterocycles. The van der Waals surface area contributed by atoms with Crippen molar-refractivity contribution in [1.29, 1.82) is 0 Å². The standard InChI is InChI=1S/C14H21NO2/c16-13-5-3-12(4-6-13)8-11-17-14-2-1-9-15-10-7-14/h3-6,14-16H,1-2,7-11H2. The molecule has 1 aromatic carbocycles. The number of hydrogen-bond donors (Lipinski definition) is 2. The van der Waals surface area contributed by atoms with Gasteiger partial charge in [-0.15, -0.1) is 0 Å². The molecule has 0 bridgehead atoms. The zero-order valence-corrected chi connectivity index (χ0v) is 10.2. The molecule has 1 fully saturated rings. The molecule has 1 aliphatic rings. The number of hydrogen-bond acceptors (Lipinski definition) is 3. The van der Waals surface area contributed by atoms with Crippen LogP contribution in [0.1, 0.15) is 24.8 Å². The zero-order valence-electron chi connectivity index (χ0n) is 10.2. The van der Waals surface area contributed by atoms with E-state index in [9.17, 15) is 5.11 Å². The van der Waals surface area contributed by atoms with E-state index in [0.717, 1.165) is 32.5 Å². The van der Waals surface area contributed by atoms with Crippen LogP contribution in [0.3, 0.4) is 0 Å². The smallest absolute Gasteiger partial charge is 0.115 e. The fourth-order valence-electron chi connectivity index (χ4n) is 2.16. The first-order chi connectivity index (χ1) is 8.34. The Morgan fingerprint density at radius 3 is 2.82 bits per heavy atom. The Morgan fingerprint density at radius 1 is 1.18 bits per heavy atom. The quantitative estimate of drug-likeness (QED) is 0.839. The summed E-state index contributed by atoms with van der Waals surface area (Å²) in [5.41, 5.74) is 1.22. The first-order valence-corrected chi connectivity index (χ1v) is 6.45. The Morgan fingerprint density at radius 2 is 2.00 bits per heavy atom. The maximum Gasteiger partial charge on any atom is 0.115 e. The van der Waals surface area contributed by atoms with Gasteiger partial charge in [0.25, 0.3) is 0 Å². The van der Waals surface area contributed by atoms with E-state index >= 15 is 0 Å². The second kappa shape index (κ2) is 6.62. The second-order valence-electron chi connectivity index (χ2n) is 4.59. The fourth-order valence-corrected chi connectivity index (χ4v) is 2.16. The maximum absolute atomic E-state index is 9.18. The van der Waals surface area contributed by atoms with Gasteiger partial charge in [-0.3, -0.25) is 0 Å². The molecule has 3 heteroatoms. The molecule has 0 aliphatic carbocycles. The molecule has 1 atom stereocenters. The van der Waals surface area contributed by atoms with Crippen molar-refractivity contribution >= 4 is 0 Å². The Bertz CT molecular complexity index is 315. The molecule has 17 heavy (non-hydrogen) atoms. The molecule has 1 heterocycles. The minimum atomic E-state index is 0.324. The molecule has 0 amide bonds. The molecule has 0 aromatic heterocycles. The summed E-state index contributed by atoms with van der Waals surface area (Å²) in [6, 6.07) is 7.36. The van der Waals surface area contributed by atoms with Crippen molar-refractivity contribution in [1.82, 2.24) is 5.32 Å². The van der Waals surface area contributed by atoms with E-state index in [1.54, 1.807) is 12.1 Å². The lowest BCUT2D eigenvalue weighted by atomic mass is 10.1. The van der Waals surface area contributed by atoms with E-state index in [1.807, 2.05) is 12.1 Å². The van der Waals surface area contributed by atoms with E-state index in [0.29, 0.717) is 11.9 Å². The minimum Gasteiger partial charge on any atom is -0.508 e. The van der Waals surface area contributed by atoms with Crippen molar-refractivity contribution in [3.63, 3.8) is 0 Å². The third kappa shape index (κ3) is 4.36. The highest BCUT2D eigenvalue weighted by Gasteiger charge is 2.11. The number of rotatable bonds is 4. The largest absolute Gasteiger partial charge is 0.508 e. The second-order valence-corrected chi connectivity index (χ2v) is 4.59. The molecular formula is C14H21NO2. The summed E-state index contributed by atoms with van der Waals surface area (Å²) >= 11 is 0. The van der Waals surface area contributed by atoms with Gasteiger partial charge in [0.2, 0.25) is 0 Å². The van der Waals surface area contributed by atoms with Crippen LogP contribution in [-0.2, 0) is 11.2 Å². The molecule has 1 unspecified atom stereocenters. The number of ether oxygens (including phenoxy) is 1. The Labute approximate surface area is 103 Å². The van der Waals surface area contributed by atoms with Crippen LogP contribution >= 0.6 is 0 Å². The van der Waals surface area contributed by atoms with Gasteiger partial charge in [-0.2, -0.15) is 0 Å². The molecule has 0 saturated carbocycles. The normalized spacial score (nSPS) is 21.1.